The third-order valence-corrected chi connectivity index (χ3v) is 5.38. The number of hydrogen-bond donors (Lipinski definition) is 1. The lowest BCUT2D eigenvalue weighted by atomic mass is 10.0. The Morgan fingerprint density at radius 3 is 2.43 bits per heavy atom. The normalized spacial score (nSPS) is 13.4. The average molecular weight is 429 g/mol. The van der Waals surface area contributed by atoms with Crippen molar-refractivity contribution in [1.82, 2.24) is 0 Å². The smallest absolute Gasteiger partial charge is 0.340 e. The number of esters is 1. The van der Waals surface area contributed by atoms with Crippen LogP contribution in [0.2, 0.25) is 5.02 Å². The summed E-state index contributed by atoms with van der Waals surface area (Å²) in [5.74, 6) is -1.14. The minimum absolute atomic E-state index is 0.0627. The molecular formula is C23H25ClN2O4. The Labute approximate surface area is 181 Å². The van der Waals surface area contributed by atoms with Crippen LogP contribution in [0, 0.1) is 0 Å². The third-order valence-electron chi connectivity index (χ3n) is 5.14. The first-order valence-electron chi connectivity index (χ1n) is 10.1. The van der Waals surface area contributed by atoms with Gasteiger partial charge in [0.05, 0.1) is 11.3 Å². The highest BCUT2D eigenvalue weighted by atomic mass is 35.5. The number of hydrogen-bond acceptors (Lipinski definition) is 4. The van der Waals surface area contributed by atoms with Crippen LogP contribution in [0.25, 0.3) is 0 Å². The van der Waals surface area contributed by atoms with E-state index in [1.165, 1.54) is 11.0 Å². The molecule has 0 atom stereocenters. The second kappa shape index (κ2) is 9.76. The Morgan fingerprint density at radius 1 is 1.13 bits per heavy atom. The molecule has 2 aromatic carbocycles. The molecule has 1 heterocycles. The maximum Gasteiger partial charge on any atom is 0.340 e. The van der Waals surface area contributed by atoms with Gasteiger partial charge in [-0.2, -0.15) is 0 Å². The van der Waals surface area contributed by atoms with Crippen molar-refractivity contribution in [3.63, 3.8) is 0 Å². The van der Waals surface area contributed by atoms with E-state index in [1.54, 1.807) is 12.1 Å². The van der Waals surface area contributed by atoms with E-state index in [-0.39, 0.29) is 11.5 Å². The number of nitrogens with one attached hydrogen (secondary N) is 1. The number of carbonyl (C=O) groups excluding carboxylic acids is 3. The zero-order chi connectivity index (χ0) is 21.7. The minimum atomic E-state index is -0.670. The molecule has 0 bridgehead atoms. The monoisotopic (exact) mass is 428 g/mol. The number of carbonyl (C=O) groups is 3. The van der Waals surface area contributed by atoms with Gasteiger partial charge in [-0.15, -0.1) is 0 Å². The lowest BCUT2D eigenvalue weighted by molar-refractivity contribution is -0.119. The first-order valence-corrected chi connectivity index (χ1v) is 10.5. The van der Waals surface area contributed by atoms with Crippen molar-refractivity contribution in [3.8, 4) is 0 Å². The predicted octanol–water partition coefficient (Wildman–Crippen LogP) is 4.39. The van der Waals surface area contributed by atoms with Gasteiger partial charge in [-0.05, 0) is 48.6 Å². The number of ether oxygens (including phenoxy) is 1. The Morgan fingerprint density at radius 2 is 1.83 bits per heavy atom. The van der Waals surface area contributed by atoms with Gasteiger partial charge in [0.25, 0.3) is 5.91 Å². The van der Waals surface area contributed by atoms with Crippen molar-refractivity contribution in [2.45, 2.75) is 39.5 Å². The summed E-state index contributed by atoms with van der Waals surface area (Å²) in [6.07, 6.45) is 2.71. The molecule has 0 spiro atoms. The Balaban J connectivity index is 1.71. The maximum atomic E-state index is 12.7. The zero-order valence-electron chi connectivity index (χ0n) is 17.2. The summed E-state index contributed by atoms with van der Waals surface area (Å²) >= 11 is 6.07. The van der Waals surface area contributed by atoms with Crippen LogP contribution in [0.15, 0.2) is 36.4 Å². The second-order valence-electron chi connectivity index (χ2n) is 7.09. The molecule has 2 amide bonds. The van der Waals surface area contributed by atoms with Crippen LogP contribution >= 0.6 is 11.6 Å². The number of nitrogens with zero attached hydrogens (tertiary/aromatic N) is 1. The Kier molecular flexibility index (Phi) is 7.11. The summed E-state index contributed by atoms with van der Waals surface area (Å²) in [7, 11) is 0. The molecule has 30 heavy (non-hydrogen) atoms. The largest absolute Gasteiger partial charge is 0.452 e. The molecular weight excluding hydrogens is 404 g/mol. The highest BCUT2D eigenvalue weighted by Gasteiger charge is 2.27. The second-order valence-corrected chi connectivity index (χ2v) is 7.53. The van der Waals surface area contributed by atoms with Crippen LogP contribution in [0.4, 0.5) is 11.4 Å². The van der Waals surface area contributed by atoms with E-state index in [9.17, 15) is 14.4 Å². The lowest BCUT2D eigenvalue weighted by Gasteiger charge is -2.19. The molecule has 3 rings (SSSR count). The molecule has 0 aliphatic carbocycles. The van der Waals surface area contributed by atoms with Gasteiger partial charge in [0.15, 0.2) is 6.61 Å². The first kappa shape index (κ1) is 21.8. The lowest BCUT2D eigenvalue weighted by Crippen LogP contribution is -2.27. The molecule has 1 N–H and O–H groups in total. The summed E-state index contributed by atoms with van der Waals surface area (Å²) in [5.41, 5.74) is 3.46. The molecule has 0 unspecified atom stereocenters. The van der Waals surface area contributed by atoms with E-state index in [0.29, 0.717) is 23.7 Å². The molecule has 0 saturated carbocycles. The number of aryl methyl sites for hydroxylation is 2. The van der Waals surface area contributed by atoms with E-state index in [2.05, 4.69) is 5.32 Å². The molecule has 1 fully saturated rings. The van der Waals surface area contributed by atoms with Crippen molar-refractivity contribution < 1.29 is 19.1 Å². The number of amides is 2. The van der Waals surface area contributed by atoms with Gasteiger partial charge >= 0.3 is 5.97 Å². The van der Waals surface area contributed by atoms with Crippen molar-refractivity contribution in [2.75, 3.05) is 23.4 Å². The molecule has 158 valence electrons. The number of para-hydroxylation sites is 1. The minimum Gasteiger partial charge on any atom is -0.452 e. The molecule has 0 radical (unpaired) electrons. The molecule has 0 aromatic heterocycles. The molecule has 1 saturated heterocycles. The topological polar surface area (TPSA) is 75.7 Å². The van der Waals surface area contributed by atoms with Crippen LogP contribution in [-0.2, 0) is 27.2 Å². The standard InChI is InChI=1S/C23H25ClN2O4/c1-3-15-7-5-8-16(4-2)22(15)25-20(27)14-30-23(29)18-11-10-17(24)13-19(18)26-12-6-9-21(26)28/h5,7-8,10-11,13H,3-4,6,9,12,14H2,1-2H3,(H,25,27). The average Bonchev–Trinajstić information content (AvgIpc) is 3.17. The van der Waals surface area contributed by atoms with Gasteiger partial charge in [0.1, 0.15) is 0 Å². The number of rotatable bonds is 7. The third kappa shape index (κ3) is 4.82. The van der Waals surface area contributed by atoms with E-state index in [1.807, 2.05) is 32.0 Å². The maximum absolute atomic E-state index is 12.7. The van der Waals surface area contributed by atoms with Crippen LogP contribution in [0.3, 0.4) is 0 Å². The van der Waals surface area contributed by atoms with Gasteiger partial charge in [-0.25, -0.2) is 4.79 Å². The Bertz CT molecular complexity index is 951. The quantitative estimate of drug-likeness (QED) is 0.663. The van der Waals surface area contributed by atoms with Crippen LogP contribution in [0.5, 0.6) is 0 Å². The van der Waals surface area contributed by atoms with Crippen LogP contribution in [-0.4, -0.2) is 30.9 Å². The first-order chi connectivity index (χ1) is 14.4. The van der Waals surface area contributed by atoms with Gasteiger partial charge in [-0.1, -0.05) is 43.6 Å². The van der Waals surface area contributed by atoms with Crippen molar-refractivity contribution in [1.29, 1.82) is 0 Å². The van der Waals surface area contributed by atoms with Gasteiger partial charge in [0.2, 0.25) is 5.91 Å². The van der Waals surface area contributed by atoms with E-state index >= 15 is 0 Å². The molecule has 6 nitrogen and oxygen atoms in total. The predicted molar refractivity (Wildman–Crippen MR) is 117 cm³/mol. The van der Waals surface area contributed by atoms with E-state index in [4.69, 9.17) is 16.3 Å². The fraction of sp³-hybridized carbons (Fsp3) is 0.348. The number of anilines is 2. The van der Waals surface area contributed by atoms with E-state index in [0.717, 1.165) is 36.1 Å². The Hall–Kier alpha value is -2.86. The van der Waals surface area contributed by atoms with Gasteiger partial charge in [0, 0.05) is 23.7 Å². The molecule has 1 aliphatic heterocycles. The summed E-state index contributed by atoms with van der Waals surface area (Å²) < 4.78 is 5.25. The summed E-state index contributed by atoms with van der Waals surface area (Å²) in [6.45, 7) is 4.14. The SMILES string of the molecule is CCc1cccc(CC)c1NC(=O)COC(=O)c1ccc(Cl)cc1N1CCCC1=O. The number of benzene rings is 2. The molecule has 1 aliphatic rings. The fourth-order valence-electron chi connectivity index (χ4n) is 3.59. The van der Waals surface area contributed by atoms with Gasteiger partial charge < -0.3 is 15.0 Å². The van der Waals surface area contributed by atoms with Crippen molar-refractivity contribution in [2.24, 2.45) is 0 Å². The summed E-state index contributed by atoms with van der Waals surface area (Å²) in [6, 6.07) is 10.6. The fourth-order valence-corrected chi connectivity index (χ4v) is 3.76. The zero-order valence-corrected chi connectivity index (χ0v) is 17.9. The highest BCUT2D eigenvalue weighted by Crippen LogP contribution is 2.29. The van der Waals surface area contributed by atoms with Crippen molar-refractivity contribution in [3.05, 3.63) is 58.1 Å². The molecule has 7 heteroatoms. The van der Waals surface area contributed by atoms with Gasteiger partial charge in [-0.3, -0.25) is 9.59 Å². The van der Waals surface area contributed by atoms with Crippen LogP contribution < -0.4 is 10.2 Å². The summed E-state index contributed by atoms with van der Waals surface area (Å²) in [4.78, 5) is 38.8. The highest BCUT2D eigenvalue weighted by molar-refractivity contribution is 6.31. The van der Waals surface area contributed by atoms with E-state index < -0.39 is 18.5 Å². The molecule has 2 aromatic rings. The summed E-state index contributed by atoms with van der Waals surface area (Å²) in [5, 5.41) is 3.29. The van der Waals surface area contributed by atoms with Crippen LogP contribution in [0.1, 0.15) is 48.2 Å². The van der Waals surface area contributed by atoms with Crippen molar-refractivity contribution >= 4 is 40.8 Å². The number of halogens is 1.